The van der Waals surface area contributed by atoms with Crippen LogP contribution in [0.4, 0.5) is 11.6 Å². The van der Waals surface area contributed by atoms with Crippen molar-refractivity contribution < 1.29 is 0 Å². The highest BCUT2D eigenvalue weighted by Gasteiger charge is 2.34. The minimum Gasteiger partial charge on any atom is -0.324 e. The summed E-state index contributed by atoms with van der Waals surface area (Å²) in [6, 6.07) is 10.1. The average molecular weight is 340 g/mol. The molecule has 0 saturated carbocycles. The SMILES string of the molecule is CCC(C)(CC)c1cnc(Nc2ccccc2)nc1C(C)(CC)CC. The summed E-state index contributed by atoms with van der Waals surface area (Å²) in [5, 5.41) is 3.36. The Morgan fingerprint density at radius 2 is 1.40 bits per heavy atom. The molecule has 0 unspecified atom stereocenters. The summed E-state index contributed by atoms with van der Waals surface area (Å²) >= 11 is 0. The Hall–Kier alpha value is -1.90. The molecule has 0 fully saturated rings. The van der Waals surface area contributed by atoms with Gasteiger partial charge in [0.25, 0.3) is 0 Å². The Morgan fingerprint density at radius 1 is 0.840 bits per heavy atom. The molecule has 0 saturated heterocycles. The van der Waals surface area contributed by atoms with Gasteiger partial charge in [-0.05, 0) is 48.8 Å². The van der Waals surface area contributed by atoms with Gasteiger partial charge in [-0.2, -0.15) is 0 Å². The third-order valence-corrected chi connectivity index (χ3v) is 6.16. The van der Waals surface area contributed by atoms with E-state index < -0.39 is 0 Å². The maximum Gasteiger partial charge on any atom is 0.227 e. The Labute approximate surface area is 153 Å². The van der Waals surface area contributed by atoms with Gasteiger partial charge in [-0.1, -0.05) is 59.7 Å². The first-order chi connectivity index (χ1) is 11.9. The number of aromatic nitrogens is 2. The van der Waals surface area contributed by atoms with Gasteiger partial charge in [0.15, 0.2) is 0 Å². The first-order valence-corrected chi connectivity index (χ1v) is 9.62. The van der Waals surface area contributed by atoms with E-state index in [4.69, 9.17) is 4.98 Å². The van der Waals surface area contributed by atoms with E-state index in [9.17, 15) is 0 Å². The summed E-state index contributed by atoms with van der Waals surface area (Å²) in [5.41, 5.74) is 3.72. The summed E-state index contributed by atoms with van der Waals surface area (Å²) in [4.78, 5) is 9.68. The molecule has 25 heavy (non-hydrogen) atoms. The van der Waals surface area contributed by atoms with Crippen LogP contribution in [-0.4, -0.2) is 9.97 Å². The molecule has 0 spiro atoms. The van der Waals surface area contributed by atoms with Gasteiger partial charge in [0, 0.05) is 17.3 Å². The zero-order valence-electron chi connectivity index (χ0n) is 16.7. The van der Waals surface area contributed by atoms with Gasteiger partial charge in [-0.25, -0.2) is 9.97 Å². The maximum absolute atomic E-state index is 5.02. The molecular weight excluding hydrogens is 306 g/mol. The van der Waals surface area contributed by atoms with E-state index in [0.29, 0.717) is 5.95 Å². The minimum absolute atomic E-state index is 0.0665. The predicted molar refractivity (Wildman–Crippen MR) is 108 cm³/mol. The number of benzene rings is 1. The number of hydrogen-bond donors (Lipinski definition) is 1. The number of para-hydroxylation sites is 1. The Kier molecular flexibility index (Phi) is 6.21. The fourth-order valence-electron chi connectivity index (χ4n) is 3.21. The fraction of sp³-hybridized carbons (Fsp3) is 0.545. The molecule has 2 rings (SSSR count). The van der Waals surface area contributed by atoms with Crippen molar-refractivity contribution in [1.29, 1.82) is 0 Å². The van der Waals surface area contributed by atoms with Gasteiger partial charge in [0.05, 0.1) is 5.69 Å². The molecule has 2 aromatic rings. The molecule has 0 amide bonds. The molecule has 1 aromatic heterocycles. The van der Waals surface area contributed by atoms with Crippen LogP contribution in [0.15, 0.2) is 36.5 Å². The molecule has 0 atom stereocenters. The van der Waals surface area contributed by atoms with Crippen LogP contribution >= 0.6 is 0 Å². The standard InChI is InChI=1S/C22H33N3/c1-7-21(5,8-2)18-16-23-20(24-17-14-12-11-13-15-17)25-19(18)22(6,9-3)10-4/h11-16H,7-10H2,1-6H3,(H,23,24,25). The van der Waals surface area contributed by atoms with Crippen molar-refractivity contribution in [2.75, 3.05) is 5.32 Å². The summed E-state index contributed by atoms with van der Waals surface area (Å²) < 4.78 is 0. The lowest BCUT2D eigenvalue weighted by atomic mass is 9.71. The lowest BCUT2D eigenvalue weighted by Crippen LogP contribution is -2.31. The molecule has 0 aliphatic carbocycles. The Bertz CT molecular complexity index is 671. The molecule has 3 nitrogen and oxygen atoms in total. The highest BCUT2D eigenvalue weighted by Crippen LogP contribution is 2.40. The molecular formula is C22H33N3. The van der Waals surface area contributed by atoms with Gasteiger partial charge in [0.1, 0.15) is 0 Å². The summed E-state index contributed by atoms with van der Waals surface area (Å²) in [5.74, 6) is 0.688. The Morgan fingerprint density at radius 3 is 1.92 bits per heavy atom. The fourth-order valence-corrected chi connectivity index (χ4v) is 3.21. The smallest absolute Gasteiger partial charge is 0.227 e. The molecule has 1 aromatic carbocycles. The van der Waals surface area contributed by atoms with Crippen molar-refractivity contribution >= 4 is 11.6 Å². The van der Waals surface area contributed by atoms with E-state index in [-0.39, 0.29) is 10.8 Å². The topological polar surface area (TPSA) is 37.8 Å². The second-order valence-corrected chi connectivity index (χ2v) is 7.48. The van der Waals surface area contributed by atoms with Crippen LogP contribution in [0.5, 0.6) is 0 Å². The Balaban J connectivity index is 2.55. The van der Waals surface area contributed by atoms with Gasteiger partial charge in [-0.15, -0.1) is 0 Å². The van der Waals surface area contributed by atoms with Crippen LogP contribution in [0.1, 0.15) is 78.5 Å². The second-order valence-electron chi connectivity index (χ2n) is 7.48. The van der Waals surface area contributed by atoms with Gasteiger partial charge < -0.3 is 5.32 Å². The summed E-state index contributed by atoms with van der Waals surface area (Å²) in [6.45, 7) is 13.7. The van der Waals surface area contributed by atoms with Gasteiger partial charge >= 0.3 is 0 Å². The van der Waals surface area contributed by atoms with Gasteiger partial charge in [0.2, 0.25) is 5.95 Å². The minimum atomic E-state index is 0.0665. The number of anilines is 2. The van der Waals surface area contributed by atoms with Crippen molar-refractivity contribution in [1.82, 2.24) is 9.97 Å². The highest BCUT2D eigenvalue weighted by molar-refractivity contribution is 5.53. The second kappa shape index (κ2) is 7.99. The van der Waals surface area contributed by atoms with E-state index in [1.165, 1.54) is 11.3 Å². The summed E-state index contributed by atoms with van der Waals surface area (Å²) in [6.07, 6.45) is 6.39. The van der Waals surface area contributed by atoms with E-state index in [1.807, 2.05) is 30.3 Å². The van der Waals surface area contributed by atoms with Crippen LogP contribution in [0.3, 0.4) is 0 Å². The van der Waals surface area contributed by atoms with Crippen molar-refractivity contribution in [3.8, 4) is 0 Å². The van der Waals surface area contributed by atoms with Crippen LogP contribution in [0, 0.1) is 0 Å². The zero-order chi connectivity index (χ0) is 18.5. The van der Waals surface area contributed by atoms with Gasteiger partial charge in [-0.3, -0.25) is 0 Å². The van der Waals surface area contributed by atoms with E-state index in [0.717, 1.165) is 31.4 Å². The third kappa shape index (κ3) is 4.02. The number of nitrogens with one attached hydrogen (secondary N) is 1. The lowest BCUT2D eigenvalue weighted by Gasteiger charge is -2.35. The molecule has 0 bridgehead atoms. The largest absolute Gasteiger partial charge is 0.324 e. The molecule has 0 radical (unpaired) electrons. The van der Waals surface area contributed by atoms with E-state index in [2.05, 4.69) is 58.0 Å². The predicted octanol–water partition coefficient (Wildman–Crippen LogP) is 6.38. The molecule has 1 heterocycles. The van der Waals surface area contributed by atoms with Crippen molar-refractivity contribution in [3.63, 3.8) is 0 Å². The average Bonchev–Trinajstić information content (AvgIpc) is 2.67. The van der Waals surface area contributed by atoms with Crippen LogP contribution in [0.2, 0.25) is 0 Å². The van der Waals surface area contributed by atoms with Crippen molar-refractivity contribution in [3.05, 3.63) is 47.8 Å². The zero-order valence-corrected chi connectivity index (χ0v) is 16.7. The highest BCUT2D eigenvalue weighted by atomic mass is 15.1. The molecule has 1 N–H and O–H groups in total. The van der Waals surface area contributed by atoms with Crippen molar-refractivity contribution in [2.45, 2.75) is 78.1 Å². The third-order valence-electron chi connectivity index (χ3n) is 6.16. The molecule has 0 aliphatic heterocycles. The monoisotopic (exact) mass is 339 g/mol. The first kappa shape index (κ1) is 19.4. The van der Waals surface area contributed by atoms with Crippen LogP contribution in [0.25, 0.3) is 0 Å². The number of rotatable bonds is 8. The summed E-state index contributed by atoms with van der Waals surface area (Å²) in [7, 11) is 0. The molecule has 3 heteroatoms. The van der Waals surface area contributed by atoms with E-state index in [1.54, 1.807) is 0 Å². The first-order valence-electron chi connectivity index (χ1n) is 9.62. The number of nitrogens with zero attached hydrogens (tertiary/aromatic N) is 2. The quantitative estimate of drug-likeness (QED) is 0.606. The lowest BCUT2D eigenvalue weighted by molar-refractivity contribution is 0.382. The maximum atomic E-state index is 5.02. The van der Waals surface area contributed by atoms with Crippen molar-refractivity contribution in [2.24, 2.45) is 0 Å². The molecule has 136 valence electrons. The van der Waals surface area contributed by atoms with Crippen LogP contribution in [-0.2, 0) is 10.8 Å². The normalized spacial score (nSPS) is 12.2. The number of hydrogen-bond acceptors (Lipinski definition) is 3. The molecule has 0 aliphatic rings. The van der Waals surface area contributed by atoms with Crippen LogP contribution < -0.4 is 5.32 Å². The van der Waals surface area contributed by atoms with E-state index >= 15 is 0 Å².